The first-order chi connectivity index (χ1) is 15.6. The fourth-order valence-electron chi connectivity index (χ4n) is 4.05. The fourth-order valence-corrected chi connectivity index (χ4v) is 4.05. The number of amides is 1. The van der Waals surface area contributed by atoms with Crippen LogP contribution in [0.25, 0.3) is 0 Å². The van der Waals surface area contributed by atoms with Crippen LogP contribution >= 0.6 is 0 Å². The summed E-state index contributed by atoms with van der Waals surface area (Å²) in [6, 6.07) is 6.96. The molecule has 2 saturated heterocycles. The molecule has 0 spiro atoms. The van der Waals surface area contributed by atoms with E-state index in [-0.39, 0.29) is 36.2 Å². The molecule has 0 radical (unpaired) electrons. The summed E-state index contributed by atoms with van der Waals surface area (Å²) in [5.41, 5.74) is -0.842. The van der Waals surface area contributed by atoms with E-state index in [9.17, 15) is 32.9 Å². The summed E-state index contributed by atoms with van der Waals surface area (Å²) in [7, 11) is 0. The zero-order chi connectivity index (χ0) is 23.8. The summed E-state index contributed by atoms with van der Waals surface area (Å²) in [5, 5.41) is 10.7. The number of ether oxygens (including phenoxy) is 1. The number of aromatic nitrogens is 1. The molecular weight excluding hydrogens is 445 g/mol. The Hall–Kier alpha value is -3.70. The SMILES string of the molecule is O=C(OC1CC2CN(c3ccc(C(F)(F)F)cn3)CCC(=O)N2C1)c1ccc([N+](=O)[O-])cc1. The van der Waals surface area contributed by atoms with Gasteiger partial charge in [0.1, 0.15) is 11.9 Å². The lowest BCUT2D eigenvalue weighted by Crippen LogP contribution is -2.38. The number of rotatable bonds is 4. The molecule has 0 bridgehead atoms. The highest BCUT2D eigenvalue weighted by atomic mass is 19.4. The van der Waals surface area contributed by atoms with Crippen molar-refractivity contribution < 1.29 is 32.4 Å². The van der Waals surface area contributed by atoms with Crippen molar-refractivity contribution in [1.29, 1.82) is 0 Å². The van der Waals surface area contributed by atoms with Crippen LogP contribution < -0.4 is 4.90 Å². The van der Waals surface area contributed by atoms with Crippen LogP contribution in [0.3, 0.4) is 0 Å². The topological polar surface area (TPSA) is 106 Å². The van der Waals surface area contributed by atoms with Crippen LogP contribution in [0, 0.1) is 10.1 Å². The third kappa shape index (κ3) is 4.89. The molecule has 33 heavy (non-hydrogen) atoms. The first kappa shape index (κ1) is 22.5. The molecule has 12 heteroatoms. The van der Waals surface area contributed by atoms with Crippen LogP contribution in [-0.2, 0) is 15.7 Å². The van der Waals surface area contributed by atoms with Gasteiger partial charge in [-0.05, 0) is 24.3 Å². The number of hydrogen-bond acceptors (Lipinski definition) is 7. The first-order valence-electron chi connectivity index (χ1n) is 10.1. The number of nitro groups is 1. The predicted molar refractivity (Wildman–Crippen MR) is 108 cm³/mol. The number of fused-ring (bicyclic) bond motifs is 1. The van der Waals surface area contributed by atoms with Gasteiger partial charge in [0.15, 0.2) is 0 Å². The highest BCUT2D eigenvalue weighted by Gasteiger charge is 2.40. The summed E-state index contributed by atoms with van der Waals surface area (Å²) in [4.78, 5) is 42.5. The van der Waals surface area contributed by atoms with E-state index in [0.29, 0.717) is 25.3 Å². The number of benzene rings is 1. The normalized spacial score (nSPS) is 20.9. The Bertz CT molecular complexity index is 1060. The van der Waals surface area contributed by atoms with E-state index in [0.717, 1.165) is 12.3 Å². The Morgan fingerprint density at radius 1 is 1.15 bits per heavy atom. The van der Waals surface area contributed by atoms with E-state index in [1.807, 2.05) is 0 Å². The van der Waals surface area contributed by atoms with Gasteiger partial charge in [-0.2, -0.15) is 13.2 Å². The maximum atomic E-state index is 12.8. The molecule has 2 aromatic rings. The molecule has 2 unspecified atom stereocenters. The van der Waals surface area contributed by atoms with E-state index in [2.05, 4.69) is 4.98 Å². The lowest BCUT2D eigenvalue weighted by Gasteiger charge is -2.26. The Morgan fingerprint density at radius 2 is 1.88 bits per heavy atom. The van der Waals surface area contributed by atoms with Gasteiger partial charge < -0.3 is 14.5 Å². The lowest BCUT2D eigenvalue weighted by atomic mass is 10.1. The molecule has 2 aliphatic rings. The number of nitro benzene ring substituents is 1. The minimum atomic E-state index is -4.48. The number of halogens is 3. The highest BCUT2D eigenvalue weighted by Crippen LogP contribution is 2.31. The second kappa shape index (κ2) is 8.68. The van der Waals surface area contributed by atoms with Gasteiger partial charge in [0, 0.05) is 44.3 Å². The average molecular weight is 464 g/mol. The van der Waals surface area contributed by atoms with Crippen molar-refractivity contribution >= 4 is 23.4 Å². The number of nitrogens with zero attached hydrogens (tertiary/aromatic N) is 4. The summed E-state index contributed by atoms with van der Waals surface area (Å²) in [6.45, 7) is 0.865. The quantitative estimate of drug-likeness (QED) is 0.389. The van der Waals surface area contributed by atoms with Gasteiger partial charge in [-0.3, -0.25) is 14.9 Å². The smallest absolute Gasteiger partial charge is 0.417 e. The van der Waals surface area contributed by atoms with Crippen molar-refractivity contribution in [2.24, 2.45) is 0 Å². The summed E-state index contributed by atoms with van der Waals surface area (Å²) in [5.74, 6) is -0.450. The Morgan fingerprint density at radius 3 is 2.48 bits per heavy atom. The maximum Gasteiger partial charge on any atom is 0.417 e. The number of pyridine rings is 1. The maximum absolute atomic E-state index is 12.8. The molecule has 0 aliphatic carbocycles. The third-order valence-electron chi connectivity index (χ3n) is 5.71. The minimum absolute atomic E-state index is 0.136. The fraction of sp³-hybridized carbons (Fsp3) is 0.381. The summed E-state index contributed by atoms with van der Waals surface area (Å²) >= 11 is 0. The first-order valence-corrected chi connectivity index (χ1v) is 10.1. The average Bonchev–Trinajstić information content (AvgIpc) is 3.11. The van der Waals surface area contributed by atoms with Crippen molar-refractivity contribution in [3.8, 4) is 0 Å². The number of carbonyl (C=O) groups excluding carboxylic acids is 2. The Labute approximate surface area is 185 Å². The van der Waals surface area contributed by atoms with E-state index >= 15 is 0 Å². The zero-order valence-corrected chi connectivity index (χ0v) is 17.2. The lowest BCUT2D eigenvalue weighted by molar-refractivity contribution is -0.384. The van der Waals surface area contributed by atoms with E-state index < -0.39 is 28.7 Å². The van der Waals surface area contributed by atoms with Crippen LogP contribution in [0.1, 0.15) is 28.8 Å². The molecule has 2 aliphatic heterocycles. The van der Waals surface area contributed by atoms with Gasteiger partial charge >= 0.3 is 12.1 Å². The van der Waals surface area contributed by atoms with Crippen LogP contribution in [0.4, 0.5) is 24.7 Å². The van der Waals surface area contributed by atoms with E-state index in [4.69, 9.17) is 4.74 Å². The molecule has 0 N–H and O–H groups in total. The van der Waals surface area contributed by atoms with Gasteiger partial charge in [0.25, 0.3) is 5.69 Å². The largest absolute Gasteiger partial charge is 0.457 e. The van der Waals surface area contributed by atoms with Gasteiger partial charge in [0.2, 0.25) is 5.91 Å². The van der Waals surface area contributed by atoms with Crippen molar-refractivity contribution in [3.05, 3.63) is 63.8 Å². The molecule has 2 fully saturated rings. The molecule has 1 aromatic carbocycles. The van der Waals surface area contributed by atoms with Crippen LogP contribution in [0.2, 0.25) is 0 Å². The molecule has 1 amide bonds. The predicted octanol–water partition coefficient (Wildman–Crippen LogP) is 3.05. The summed E-state index contributed by atoms with van der Waals surface area (Å²) in [6.07, 6.45) is -3.77. The molecule has 9 nitrogen and oxygen atoms in total. The zero-order valence-electron chi connectivity index (χ0n) is 17.2. The molecule has 174 valence electrons. The van der Waals surface area contributed by atoms with E-state index in [1.165, 1.54) is 30.3 Å². The number of carbonyl (C=O) groups is 2. The second-order valence-corrected chi connectivity index (χ2v) is 7.87. The van der Waals surface area contributed by atoms with Gasteiger partial charge in [0.05, 0.1) is 28.6 Å². The molecule has 4 rings (SSSR count). The van der Waals surface area contributed by atoms with Crippen LogP contribution in [0.5, 0.6) is 0 Å². The summed E-state index contributed by atoms with van der Waals surface area (Å²) < 4.78 is 43.9. The van der Waals surface area contributed by atoms with Crippen LogP contribution in [-0.4, -0.2) is 58.5 Å². The number of hydrogen-bond donors (Lipinski definition) is 0. The van der Waals surface area contributed by atoms with Crippen molar-refractivity contribution in [2.75, 3.05) is 24.5 Å². The number of non-ortho nitro benzene ring substituents is 1. The molecular formula is C21H19F3N4O5. The standard InChI is InChI=1S/C21H19F3N4O5/c22-21(23,24)14-3-6-18(25-10-14)26-8-7-19(29)27-12-17(9-16(27)11-26)33-20(30)13-1-4-15(5-2-13)28(31)32/h1-6,10,16-17H,7-9,11-12H2. The van der Waals surface area contributed by atoms with Gasteiger partial charge in [-0.25, -0.2) is 9.78 Å². The number of esters is 1. The van der Waals surface area contributed by atoms with Gasteiger partial charge in [-0.1, -0.05) is 0 Å². The van der Waals surface area contributed by atoms with E-state index in [1.54, 1.807) is 9.80 Å². The van der Waals surface area contributed by atoms with Crippen molar-refractivity contribution in [1.82, 2.24) is 9.88 Å². The molecule has 1 aromatic heterocycles. The number of anilines is 1. The minimum Gasteiger partial charge on any atom is -0.457 e. The number of alkyl halides is 3. The second-order valence-electron chi connectivity index (χ2n) is 7.87. The van der Waals surface area contributed by atoms with Crippen LogP contribution in [0.15, 0.2) is 42.6 Å². The Balaban J connectivity index is 1.42. The molecule has 3 heterocycles. The monoisotopic (exact) mass is 464 g/mol. The highest BCUT2D eigenvalue weighted by molar-refractivity contribution is 5.89. The molecule has 0 saturated carbocycles. The third-order valence-corrected chi connectivity index (χ3v) is 5.71. The van der Waals surface area contributed by atoms with Crippen molar-refractivity contribution in [3.63, 3.8) is 0 Å². The van der Waals surface area contributed by atoms with Gasteiger partial charge in [-0.15, -0.1) is 0 Å². The molecule has 2 atom stereocenters. The van der Waals surface area contributed by atoms with Crippen molar-refractivity contribution in [2.45, 2.75) is 31.2 Å². The Kier molecular flexibility index (Phi) is 5.91.